The first kappa shape index (κ1) is 9.90. The van der Waals surface area contributed by atoms with Crippen molar-refractivity contribution in [2.45, 2.75) is 13.3 Å². The Morgan fingerprint density at radius 3 is 2.93 bits per heavy atom. The monoisotopic (exact) mass is 203 g/mol. The summed E-state index contributed by atoms with van der Waals surface area (Å²) < 4.78 is 0. The van der Waals surface area contributed by atoms with Gasteiger partial charge in [0.1, 0.15) is 0 Å². The molecule has 2 rings (SSSR count). The van der Waals surface area contributed by atoms with Gasteiger partial charge in [0.2, 0.25) is 0 Å². The van der Waals surface area contributed by atoms with Crippen molar-refractivity contribution in [1.82, 2.24) is 0 Å². The summed E-state index contributed by atoms with van der Waals surface area (Å²) in [5.74, 6) is -1.14. The lowest BCUT2D eigenvalue weighted by atomic mass is 9.95. The van der Waals surface area contributed by atoms with E-state index in [1.165, 1.54) is 0 Å². The molecule has 15 heavy (non-hydrogen) atoms. The predicted octanol–water partition coefficient (Wildman–Crippen LogP) is 0.581. The highest BCUT2D eigenvalue weighted by molar-refractivity contribution is 5.82. The van der Waals surface area contributed by atoms with Crippen LogP contribution in [0.4, 0.5) is 0 Å². The van der Waals surface area contributed by atoms with Crippen LogP contribution >= 0.6 is 0 Å². The molecule has 0 unspecified atom stereocenters. The summed E-state index contributed by atoms with van der Waals surface area (Å²) in [6, 6.07) is 7.73. The average Bonchev–Trinajstić information content (AvgIpc) is 2.63. The van der Waals surface area contributed by atoms with Crippen molar-refractivity contribution in [3.63, 3.8) is 0 Å². The van der Waals surface area contributed by atoms with Crippen LogP contribution in [0.25, 0.3) is 5.57 Å². The summed E-state index contributed by atoms with van der Waals surface area (Å²) in [6.07, 6.45) is 0.620. The fourth-order valence-electron chi connectivity index (χ4n) is 2.01. The maximum atomic E-state index is 11.1. The minimum absolute atomic E-state index is 0.391. The molecule has 1 heterocycles. The number of carboxylic acid groups (broad SMARTS) is 1. The first-order valence-electron chi connectivity index (χ1n) is 5.09. The zero-order chi connectivity index (χ0) is 10.8. The van der Waals surface area contributed by atoms with Gasteiger partial charge in [0.25, 0.3) is 0 Å². The molecule has 3 nitrogen and oxygen atoms in total. The highest BCUT2D eigenvalue weighted by Crippen LogP contribution is 2.16. The van der Waals surface area contributed by atoms with Gasteiger partial charge < -0.3 is 5.11 Å². The predicted molar refractivity (Wildman–Crippen MR) is 56.9 cm³/mol. The zero-order valence-corrected chi connectivity index (χ0v) is 8.60. The van der Waals surface area contributed by atoms with Gasteiger partial charge in [0, 0.05) is 5.22 Å². The van der Waals surface area contributed by atoms with E-state index in [4.69, 9.17) is 5.11 Å². The van der Waals surface area contributed by atoms with Crippen LogP contribution in [0, 0.1) is 5.92 Å². The van der Waals surface area contributed by atoms with Gasteiger partial charge in [0.15, 0.2) is 0 Å². The molecule has 0 aliphatic carbocycles. The van der Waals surface area contributed by atoms with E-state index in [9.17, 15) is 4.79 Å². The van der Waals surface area contributed by atoms with E-state index in [0.717, 1.165) is 16.1 Å². The van der Waals surface area contributed by atoms with Crippen LogP contribution in [0.5, 0.6) is 0 Å². The number of benzene rings is 1. The quantitative estimate of drug-likeness (QED) is 0.781. The van der Waals surface area contributed by atoms with E-state index in [1.807, 2.05) is 31.2 Å². The molecule has 0 saturated heterocycles. The molecule has 1 aliphatic heterocycles. The number of nitrogens with zero attached hydrogens (tertiary/aromatic N) is 1. The first-order valence-corrected chi connectivity index (χ1v) is 5.09. The van der Waals surface area contributed by atoms with Crippen LogP contribution in [0.2, 0.25) is 0 Å². The third-order valence-corrected chi connectivity index (χ3v) is 2.80. The number of hydrogen-bond acceptors (Lipinski definition) is 2. The highest BCUT2D eigenvalue weighted by atomic mass is 16.4. The van der Waals surface area contributed by atoms with Crippen molar-refractivity contribution in [2.24, 2.45) is 10.9 Å². The Hall–Kier alpha value is -1.64. The summed E-state index contributed by atoms with van der Waals surface area (Å²) >= 11 is 0. The van der Waals surface area contributed by atoms with E-state index >= 15 is 0 Å². The van der Waals surface area contributed by atoms with Crippen molar-refractivity contribution in [1.29, 1.82) is 0 Å². The normalized spacial score (nSPS) is 15.7. The van der Waals surface area contributed by atoms with Crippen LogP contribution < -0.4 is 10.6 Å². The molecule has 0 spiro atoms. The van der Waals surface area contributed by atoms with Gasteiger partial charge in [-0.25, -0.2) is 0 Å². The molecule has 0 aromatic heterocycles. The van der Waals surface area contributed by atoms with Crippen LogP contribution in [0.15, 0.2) is 29.3 Å². The number of aliphatic carboxylic acids is 1. The zero-order valence-electron chi connectivity index (χ0n) is 8.60. The maximum absolute atomic E-state index is 11.1. The summed E-state index contributed by atoms with van der Waals surface area (Å²) in [5.41, 5.74) is 0.945. The number of carboxylic acids is 1. The molecule has 0 fully saturated rings. The van der Waals surface area contributed by atoms with E-state index < -0.39 is 11.9 Å². The highest BCUT2D eigenvalue weighted by Gasteiger charge is 2.22. The van der Waals surface area contributed by atoms with Crippen LogP contribution in [0.3, 0.4) is 0 Å². The second-order valence-electron chi connectivity index (χ2n) is 3.66. The molecule has 1 aliphatic rings. The SMILES string of the molecule is CC[C@H](C(=O)O)C1=c2ccccc2=NC1. The maximum Gasteiger partial charge on any atom is 0.310 e. The molecule has 3 heteroatoms. The topological polar surface area (TPSA) is 49.7 Å². The number of hydrogen-bond donors (Lipinski definition) is 1. The third kappa shape index (κ3) is 1.65. The van der Waals surface area contributed by atoms with Crippen LogP contribution in [0.1, 0.15) is 13.3 Å². The van der Waals surface area contributed by atoms with Crippen molar-refractivity contribution >= 4 is 11.5 Å². The first-order chi connectivity index (χ1) is 7.24. The van der Waals surface area contributed by atoms with Gasteiger partial charge in [-0.2, -0.15) is 0 Å². The Kier molecular flexibility index (Phi) is 2.54. The lowest BCUT2D eigenvalue weighted by Crippen LogP contribution is -2.27. The summed E-state index contributed by atoms with van der Waals surface area (Å²) in [6.45, 7) is 2.43. The molecule has 1 aromatic carbocycles. The Bertz CT molecular complexity index is 505. The molecule has 1 aromatic rings. The standard InChI is InChI=1S/C12H13NO2/c1-2-8(12(14)15)10-7-13-11-6-4-3-5-9(10)11/h3-6,8H,2,7H2,1H3,(H,14,15)/t8-/m0/s1. The van der Waals surface area contributed by atoms with E-state index in [1.54, 1.807) is 0 Å². The van der Waals surface area contributed by atoms with Crippen molar-refractivity contribution in [3.8, 4) is 0 Å². The molecule has 0 amide bonds. The number of para-hydroxylation sites is 1. The second kappa shape index (κ2) is 3.85. The minimum Gasteiger partial charge on any atom is -0.481 e. The fraction of sp³-hybridized carbons (Fsp3) is 0.333. The number of rotatable bonds is 3. The van der Waals surface area contributed by atoms with Gasteiger partial charge in [-0.3, -0.25) is 9.79 Å². The summed E-state index contributed by atoms with van der Waals surface area (Å²) in [5, 5.41) is 11.0. The third-order valence-electron chi connectivity index (χ3n) is 2.80. The van der Waals surface area contributed by atoms with Crippen molar-refractivity contribution in [3.05, 3.63) is 34.8 Å². The molecular formula is C12H13NO2. The lowest BCUT2D eigenvalue weighted by molar-refractivity contribution is -0.139. The molecule has 0 bridgehead atoms. The second-order valence-corrected chi connectivity index (χ2v) is 3.66. The van der Waals surface area contributed by atoms with Gasteiger partial charge in [-0.05, 0) is 18.1 Å². The van der Waals surface area contributed by atoms with Crippen molar-refractivity contribution in [2.75, 3.05) is 6.54 Å². The van der Waals surface area contributed by atoms with E-state index in [2.05, 4.69) is 4.99 Å². The number of fused-ring (bicyclic) bond motifs is 1. The largest absolute Gasteiger partial charge is 0.481 e. The number of carbonyl (C=O) groups is 1. The smallest absolute Gasteiger partial charge is 0.310 e. The molecular weight excluding hydrogens is 190 g/mol. The van der Waals surface area contributed by atoms with Gasteiger partial charge >= 0.3 is 5.97 Å². The van der Waals surface area contributed by atoms with Crippen LogP contribution in [-0.2, 0) is 4.79 Å². The summed E-state index contributed by atoms with van der Waals surface area (Å²) in [7, 11) is 0. The summed E-state index contributed by atoms with van der Waals surface area (Å²) in [4.78, 5) is 15.4. The van der Waals surface area contributed by atoms with E-state index in [0.29, 0.717) is 13.0 Å². The van der Waals surface area contributed by atoms with Gasteiger partial charge in [-0.15, -0.1) is 0 Å². The Balaban J connectivity index is 2.58. The van der Waals surface area contributed by atoms with Crippen LogP contribution in [-0.4, -0.2) is 17.6 Å². The Morgan fingerprint density at radius 1 is 1.53 bits per heavy atom. The minimum atomic E-state index is -0.751. The lowest BCUT2D eigenvalue weighted by Gasteiger charge is -2.09. The van der Waals surface area contributed by atoms with Gasteiger partial charge in [0.05, 0.1) is 17.8 Å². The molecule has 1 N–H and O–H groups in total. The molecule has 0 radical (unpaired) electrons. The average molecular weight is 203 g/mol. The fourth-order valence-corrected chi connectivity index (χ4v) is 2.01. The Labute approximate surface area is 87.8 Å². The van der Waals surface area contributed by atoms with E-state index in [-0.39, 0.29) is 0 Å². The van der Waals surface area contributed by atoms with Gasteiger partial charge in [-0.1, -0.05) is 25.1 Å². The molecule has 0 saturated carbocycles. The molecule has 1 atom stereocenters. The van der Waals surface area contributed by atoms with Crippen molar-refractivity contribution < 1.29 is 9.90 Å². The molecule has 78 valence electrons. The Morgan fingerprint density at radius 2 is 2.27 bits per heavy atom.